The van der Waals surface area contributed by atoms with E-state index in [1.54, 1.807) is 6.20 Å². The van der Waals surface area contributed by atoms with Crippen LogP contribution >= 0.6 is 0 Å². The SMILES string of the molecule is CC1CCC(C(C)C)C(Oc2cc[nH]c(=O)c2)C1. The van der Waals surface area contributed by atoms with Crippen molar-refractivity contribution in [3.63, 3.8) is 0 Å². The van der Waals surface area contributed by atoms with Crippen molar-refractivity contribution >= 4 is 0 Å². The Morgan fingerprint density at radius 1 is 1.39 bits per heavy atom. The highest BCUT2D eigenvalue weighted by atomic mass is 16.5. The van der Waals surface area contributed by atoms with Crippen LogP contribution in [0.3, 0.4) is 0 Å². The maximum absolute atomic E-state index is 11.3. The third kappa shape index (κ3) is 3.15. The molecule has 1 saturated carbocycles. The second-order valence-corrected chi connectivity index (χ2v) is 5.87. The highest BCUT2D eigenvalue weighted by molar-refractivity contribution is 5.17. The van der Waals surface area contributed by atoms with E-state index >= 15 is 0 Å². The average Bonchev–Trinajstić information content (AvgIpc) is 2.28. The van der Waals surface area contributed by atoms with Gasteiger partial charge in [0.25, 0.3) is 5.56 Å². The molecule has 0 saturated heterocycles. The van der Waals surface area contributed by atoms with Crippen LogP contribution in [0.1, 0.15) is 40.0 Å². The summed E-state index contributed by atoms with van der Waals surface area (Å²) >= 11 is 0. The number of aromatic amines is 1. The minimum Gasteiger partial charge on any atom is -0.490 e. The highest BCUT2D eigenvalue weighted by Gasteiger charge is 2.32. The van der Waals surface area contributed by atoms with Crippen molar-refractivity contribution in [2.75, 3.05) is 0 Å². The standard InChI is InChI=1S/C15H23NO2/c1-10(2)13-5-4-11(3)8-14(13)18-12-6-7-16-15(17)9-12/h6-7,9-11,13-14H,4-5,8H2,1-3H3,(H,16,17). The van der Waals surface area contributed by atoms with Gasteiger partial charge in [-0.25, -0.2) is 0 Å². The molecule has 1 aromatic rings. The van der Waals surface area contributed by atoms with E-state index in [9.17, 15) is 4.79 Å². The molecule has 1 aliphatic carbocycles. The zero-order chi connectivity index (χ0) is 13.1. The number of ether oxygens (including phenoxy) is 1. The summed E-state index contributed by atoms with van der Waals surface area (Å²) in [6, 6.07) is 3.37. The molecule has 100 valence electrons. The Balaban J connectivity index is 2.11. The molecule has 3 nitrogen and oxygen atoms in total. The topological polar surface area (TPSA) is 42.1 Å². The Hall–Kier alpha value is -1.25. The minimum absolute atomic E-state index is 0.0996. The van der Waals surface area contributed by atoms with Crippen molar-refractivity contribution < 1.29 is 4.74 Å². The van der Waals surface area contributed by atoms with Crippen molar-refractivity contribution in [2.45, 2.75) is 46.1 Å². The average molecular weight is 249 g/mol. The van der Waals surface area contributed by atoms with Crippen molar-refractivity contribution in [2.24, 2.45) is 17.8 Å². The van der Waals surface area contributed by atoms with Crippen LogP contribution in [0.5, 0.6) is 5.75 Å². The van der Waals surface area contributed by atoms with Gasteiger partial charge >= 0.3 is 0 Å². The van der Waals surface area contributed by atoms with Gasteiger partial charge in [0.05, 0.1) is 0 Å². The first kappa shape index (κ1) is 13.2. The predicted molar refractivity (Wildman–Crippen MR) is 72.8 cm³/mol. The summed E-state index contributed by atoms with van der Waals surface area (Å²) in [5, 5.41) is 0. The van der Waals surface area contributed by atoms with Gasteiger partial charge in [-0.15, -0.1) is 0 Å². The van der Waals surface area contributed by atoms with Gasteiger partial charge < -0.3 is 9.72 Å². The Labute approximate surface area is 109 Å². The molecule has 1 N–H and O–H groups in total. The lowest BCUT2D eigenvalue weighted by atomic mass is 9.75. The fraction of sp³-hybridized carbons (Fsp3) is 0.667. The Morgan fingerprint density at radius 2 is 2.17 bits per heavy atom. The number of aromatic nitrogens is 1. The van der Waals surface area contributed by atoms with Gasteiger partial charge in [-0.3, -0.25) is 4.79 Å². The second-order valence-electron chi connectivity index (χ2n) is 5.87. The van der Waals surface area contributed by atoms with Crippen molar-refractivity contribution in [3.8, 4) is 5.75 Å². The van der Waals surface area contributed by atoms with Crippen molar-refractivity contribution in [1.29, 1.82) is 0 Å². The number of hydrogen-bond donors (Lipinski definition) is 1. The lowest BCUT2D eigenvalue weighted by molar-refractivity contribution is 0.0459. The van der Waals surface area contributed by atoms with E-state index in [0.29, 0.717) is 23.5 Å². The first-order valence-electron chi connectivity index (χ1n) is 6.91. The lowest BCUT2D eigenvalue weighted by Gasteiger charge is -2.37. The number of nitrogens with one attached hydrogen (secondary N) is 1. The summed E-state index contributed by atoms with van der Waals surface area (Å²) < 4.78 is 6.06. The molecule has 0 amide bonds. The van der Waals surface area contributed by atoms with Crippen LogP contribution in [-0.4, -0.2) is 11.1 Å². The zero-order valence-electron chi connectivity index (χ0n) is 11.5. The van der Waals surface area contributed by atoms with E-state index in [2.05, 4.69) is 25.8 Å². The quantitative estimate of drug-likeness (QED) is 0.893. The van der Waals surface area contributed by atoms with Gasteiger partial charge in [0.2, 0.25) is 0 Å². The molecule has 0 spiro atoms. The van der Waals surface area contributed by atoms with Crippen LogP contribution in [0, 0.1) is 17.8 Å². The third-order valence-electron chi connectivity index (χ3n) is 4.00. The van der Waals surface area contributed by atoms with Crippen LogP contribution in [-0.2, 0) is 0 Å². The summed E-state index contributed by atoms with van der Waals surface area (Å²) in [4.78, 5) is 13.9. The molecule has 3 heteroatoms. The van der Waals surface area contributed by atoms with Crippen molar-refractivity contribution in [3.05, 3.63) is 28.7 Å². The summed E-state index contributed by atoms with van der Waals surface area (Å²) in [6.45, 7) is 6.80. The molecule has 1 aliphatic rings. The highest BCUT2D eigenvalue weighted by Crippen LogP contribution is 2.35. The molecule has 18 heavy (non-hydrogen) atoms. The maximum Gasteiger partial charge on any atom is 0.251 e. The molecule has 0 radical (unpaired) electrons. The van der Waals surface area contributed by atoms with Gasteiger partial charge in [-0.2, -0.15) is 0 Å². The van der Waals surface area contributed by atoms with Gasteiger partial charge in [-0.1, -0.05) is 27.2 Å². The van der Waals surface area contributed by atoms with Gasteiger partial charge in [0.15, 0.2) is 0 Å². The lowest BCUT2D eigenvalue weighted by Crippen LogP contribution is -2.36. The minimum atomic E-state index is -0.0996. The summed E-state index contributed by atoms with van der Waals surface area (Å²) in [7, 11) is 0. The molecule has 0 bridgehead atoms. The molecule has 0 aromatic carbocycles. The molecule has 3 atom stereocenters. The monoisotopic (exact) mass is 249 g/mol. The van der Waals surface area contributed by atoms with Gasteiger partial charge in [0, 0.05) is 12.3 Å². The predicted octanol–water partition coefficient (Wildman–Crippen LogP) is 3.21. The van der Waals surface area contributed by atoms with E-state index in [-0.39, 0.29) is 11.7 Å². The normalized spacial score (nSPS) is 28.3. The van der Waals surface area contributed by atoms with Gasteiger partial charge in [-0.05, 0) is 36.7 Å². The fourth-order valence-electron chi connectivity index (χ4n) is 2.92. The molecule has 2 rings (SSSR count). The second kappa shape index (κ2) is 5.59. The van der Waals surface area contributed by atoms with Crippen LogP contribution in [0.2, 0.25) is 0 Å². The van der Waals surface area contributed by atoms with E-state index in [1.165, 1.54) is 18.9 Å². The fourth-order valence-corrected chi connectivity index (χ4v) is 2.92. The first-order chi connectivity index (χ1) is 8.56. The summed E-state index contributed by atoms with van der Waals surface area (Å²) in [6.07, 6.45) is 5.50. The summed E-state index contributed by atoms with van der Waals surface area (Å²) in [5.41, 5.74) is -0.0996. The third-order valence-corrected chi connectivity index (χ3v) is 4.00. The van der Waals surface area contributed by atoms with Crippen LogP contribution in [0.15, 0.2) is 23.1 Å². The first-order valence-corrected chi connectivity index (χ1v) is 6.91. The molecular weight excluding hydrogens is 226 g/mol. The van der Waals surface area contributed by atoms with Gasteiger partial charge in [0.1, 0.15) is 11.9 Å². The number of H-pyrrole nitrogens is 1. The number of hydrogen-bond acceptors (Lipinski definition) is 2. The van der Waals surface area contributed by atoms with E-state index in [0.717, 1.165) is 6.42 Å². The largest absolute Gasteiger partial charge is 0.490 e. The Kier molecular flexibility index (Phi) is 4.10. The van der Waals surface area contributed by atoms with Crippen molar-refractivity contribution in [1.82, 2.24) is 4.98 Å². The molecule has 0 aliphatic heterocycles. The molecule has 3 unspecified atom stereocenters. The summed E-state index contributed by atoms with van der Waals surface area (Å²) in [5.74, 6) is 2.64. The molecule has 1 fully saturated rings. The number of rotatable bonds is 3. The van der Waals surface area contributed by atoms with Crippen LogP contribution in [0.25, 0.3) is 0 Å². The zero-order valence-corrected chi connectivity index (χ0v) is 11.5. The number of pyridine rings is 1. The Bertz CT molecular complexity index is 438. The molecule has 1 heterocycles. The van der Waals surface area contributed by atoms with E-state index < -0.39 is 0 Å². The van der Waals surface area contributed by atoms with E-state index in [4.69, 9.17) is 4.74 Å². The maximum atomic E-state index is 11.3. The van der Waals surface area contributed by atoms with E-state index in [1.807, 2.05) is 6.07 Å². The smallest absolute Gasteiger partial charge is 0.251 e. The Morgan fingerprint density at radius 3 is 2.83 bits per heavy atom. The molecule has 1 aromatic heterocycles. The molecular formula is C15H23NO2. The van der Waals surface area contributed by atoms with Crippen LogP contribution < -0.4 is 10.3 Å². The van der Waals surface area contributed by atoms with Crippen LogP contribution in [0.4, 0.5) is 0 Å².